The molecule has 1 aromatic heterocycles. The second-order valence-corrected chi connectivity index (χ2v) is 8.12. The highest BCUT2D eigenvalue weighted by molar-refractivity contribution is 5.90. The smallest absolute Gasteiger partial charge is 0.407 e. The molecule has 2 rings (SSSR count). The molecule has 0 saturated carbocycles. The van der Waals surface area contributed by atoms with Crippen LogP contribution in [0, 0.1) is 0 Å². The number of hydrogen-bond donors (Lipinski definition) is 1. The lowest BCUT2D eigenvalue weighted by molar-refractivity contribution is 0.0376. The molecular formula is C20H31N3O4. The summed E-state index contributed by atoms with van der Waals surface area (Å²) in [6.45, 7) is 10.8. The van der Waals surface area contributed by atoms with Gasteiger partial charge in [0, 0.05) is 25.3 Å². The molecule has 0 bridgehead atoms. The number of pyridine rings is 1. The van der Waals surface area contributed by atoms with Crippen molar-refractivity contribution in [2.24, 2.45) is 0 Å². The van der Waals surface area contributed by atoms with Crippen LogP contribution in [0.5, 0.6) is 0 Å². The Morgan fingerprint density at radius 1 is 1.26 bits per heavy atom. The number of alkyl carbamates (subject to hydrolysis) is 1. The molecule has 1 fully saturated rings. The van der Waals surface area contributed by atoms with Gasteiger partial charge >= 0.3 is 12.1 Å². The highest BCUT2D eigenvalue weighted by Gasteiger charge is 2.23. The Balaban J connectivity index is 1.96. The second-order valence-electron chi connectivity index (χ2n) is 8.12. The van der Waals surface area contributed by atoms with E-state index in [0.29, 0.717) is 5.56 Å². The van der Waals surface area contributed by atoms with Crippen molar-refractivity contribution in [1.29, 1.82) is 0 Å². The van der Waals surface area contributed by atoms with Gasteiger partial charge in [-0.2, -0.15) is 0 Å². The number of ether oxygens (including phenoxy) is 2. The Kier molecular flexibility index (Phi) is 7.05. The SMILES string of the molecule is CC(C)OC(=O)c1ccnc(N2CCCC(NC(=O)OC(C)(C)C)CC2)c1. The Morgan fingerprint density at radius 3 is 2.67 bits per heavy atom. The molecule has 7 heteroatoms. The molecule has 1 N–H and O–H groups in total. The van der Waals surface area contributed by atoms with Crippen molar-refractivity contribution in [3.05, 3.63) is 23.9 Å². The van der Waals surface area contributed by atoms with E-state index in [1.54, 1.807) is 18.3 Å². The molecule has 0 spiro atoms. The van der Waals surface area contributed by atoms with Crippen molar-refractivity contribution in [3.8, 4) is 0 Å². The molecule has 27 heavy (non-hydrogen) atoms. The van der Waals surface area contributed by atoms with Crippen molar-refractivity contribution in [2.45, 2.75) is 71.6 Å². The van der Waals surface area contributed by atoms with Gasteiger partial charge in [0.2, 0.25) is 0 Å². The summed E-state index contributed by atoms with van der Waals surface area (Å²) in [5.41, 5.74) is -0.00289. The Morgan fingerprint density at radius 2 is 2.00 bits per heavy atom. The maximum atomic E-state index is 12.1. The minimum atomic E-state index is -0.504. The predicted molar refractivity (Wildman–Crippen MR) is 104 cm³/mol. The van der Waals surface area contributed by atoms with E-state index in [-0.39, 0.29) is 24.2 Å². The van der Waals surface area contributed by atoms with Crippen LogP contribution in [0.4, 0.5) is 10.6 Å². The van der Waals surface area contributed by atoms with Gasteiger partial charge in [0.15, 0.2) is 0 Å². The van der Waals surface area contributed by atoms with Crippen molar-refractivity contribution < 1.29 is 19.1 Å². The topological polar surface area (TPSA) is 80.8 Å². The third-order valence-corrected chi connectivity index (χ3v) is 4.10. The summed E-state index contributed by atoms with van der Waals surface area (Å²) in [5.74, 6) is 0.416. The number of aromatic nitrogens is 1. The van der Waals surface area contributed by atoms with Gasteiger partial charge in [0.1, 0.15) is 11.4 Å². The van der Waals surface area contributed by atoms with Crippen LogP contribution in [0.15, 0.2) is 18.3 Å². The second kappa shape index (κ2) is 9.06. The van der Waals surface area contributed by atoms with Crippen LogP contribution < -0.4 is 10.2 Å². The first-order chi connectivity index (χ1) is 12.6. The summed E-state index contributed by atoms with van der Waals surface area (Å²) in [6.07, 6.45) is 3.69. The average molecular weight is 377 g/mol. The summed E-state index contributed by atoms with van der Waals surface area (Å²) < 4.78 is 10.6. The van der Waals surface area contributed by atoms with E-state index >= 15 is 0 Å². The number of hydrogen-bond acceptors (Lipinski definition) is 6. The lowest BCUT2D eigenvalue weighted by Gasteiger charge is -2.24. The van der Waals surface area contributed by atoms with Crippen molar-refractivity contribution >= 4 is 17.9 Å². The van der Waals surface area contributed by atoms with E-state index in [1.807, 2.05) is 34.6 Å². The van der Waals surface area contributed by atoms with Crippen LogP contribution in [-0.2, 0) is 9.47 Å². The van der Waals surface area contributed by atoms with Crippen LogP contribution in [-0.4, -0.2) is 47.9 Å². The summed E-state index contributed by atoms with van der Waals surface area (Å²) in [7, 11) is 0. The third kappa shape index (κ3) is 7.07. The highest BCUT2D eigenvalue weighted by atomic mass is 16.6. The van der Waals surface area contributed by atoms with Gasteiger partial charge in [0.25, 0.3) is 0 Å². The lowest BCUT2D eigenvalue weighted by atomic mass is 10.1. The Hall–Kier alpha value is -2.31. The number of rotatable bonds is 4. The molecule has 1 aliphatic rings. The molecule has 150 valence electrons. The predicted octanol–water partition coefficient (Wildman–Crippen LogP) is 3.53. The Labute approximate surface area is 161 Å². The van der Waals surface area contributed by atoms with Gasteiger partial charge < -0.3 is 19.7 Å². The number of anilines is 1. The van der Waals surface area contributed by atoms with E-state index in [9.17, 15) is 9.59 Å². The van der Waals surface area contributed by atoms with E-state index in [0.717, 1.165) is 38.2 Å². The zero-order valence-electron chi connectivity index (χ0n) is 16.9. The minimum Gasteiger partial charge on any atom is -0.459 e. The molecule has 0 aromatic carbocycles. The number of carbonyl (C=O) groups is 2. The molecule has 1 atom stereocenters. The van der Waals surface area contributed by atoms with E-state index < -0.39 is 5.60 Å². The molecule has 1 aromatic rings. The maximum absolute atomic E-state index is 12.1. The lowest BCUT2D eigenvalue weighted by Crippen LogP contribution is -2.39. The number of carbonyl (C=O) groups excluding carboxylic acids is 2. The number of nitrogens with zero attached hydrogens (tertiary/aromatic N) is 2. The monoisotopic (exact) mass is 377 g/mol. The zero-order chi connectivity index (χ0) is 20.0. The fraction of sp³-hybridized carbons (Fsp3) is 0.650. The van der Waals surface area contributed by atoms with Crippen molar-refractivity contribution in [3.63, 3.8) is 0 Å². The normalized spacial score (nSPS) is 18.0. The quantitative estimate of drug-likeness (QED) is 0.809. The first-order valence-corrected chi connectivity index (χ1v) is 9.55. The minimum absolute atomic E-state index is 0.0685. The van der Waals surface area contributed by atoms with Gasteiger partial charge in [-0.3, -0.25) is 0 Å². The van der Waals surface area contributed by atoms with Gasteiger partial charge in [-0.05, 0) is 66.0 Å². The number of amides is 1. The average Bonchev–Trinajstić information content (AvgIpc) is 2.78. The molecular weight excluding hydrogens is 346 g/mol. The van der Waals surface area contributed by atoms with Gasteiger partial charge in [-0.25, -0.2) is 14.6 Å². The summed E-state index contributed by atoms with van der Waals surface area (Å²) in [6, 6.07) is 3.50. The molecule has 0 radical (unpaired) electrons. The standard InChI is InChI=1S/C20H31N3O4/c1-14(2)26-18(24)15-8-10-21-17(13-15)23-11-6-7-16(9-12-23)22-19(25)27-20(3,4)5/h8,10,13-14,16H,6-7,9,11-12H2,1-5H3,(H,22,25). The number of esters is 1. The van der Waals surface area contributed by atoms with Crippen LogP contribution in [0.3, 0.4) is 0 Å². The summed E-state index contributed by atoms with van der Waals surface area (Å²) in [4.78, 5) is 30.7. The fourth-order valence-corrected chi connectivity index (χ4v) is 2.94. The van der Waals surface area contributed by atoms with Gasteiger partial charge in [-0.15, -0.1) is 0 Å². The summed E-state index contributed by atoms with van der Waals surface area (Å²) in [5, 5.41) is 2.96. The molecule has 1 saturated heterocycles. The maximum Gasteiger partial charge on any atom is 0.407 e. The molecule has 2 heterocycles. The molecule has 7 nitrogen and oxygen atoms in total. The van der Waals surface area contributed by atoms with Crippen LogP contribution >= 0.6 is 0 Å². The first-order valence-electron chi connectivity index (χ1n) is 9.55. The number of nitrogens with one attached hydrogen (secondary N) is 1. The third-order valence-electron chi connectivity index (χ3n) is 4.10. The molecule has 1 aliphatic heterocycles. The molecule has 1 amide bonds. The zero-order valence-corrected chi connectivity index (χ0v) is 16.9. The summed E-state index contributed by atoms with van der Waals surface area (Å²) >= 11 is 0. The van der Waals surface area contributed by atoms with Crippen LogP contribution in [0.2, 0.25) is 0 Å². The van der Waals surface area contributed by atoms with Crippen LogP contribution in [0.25, 0.3) is 0 Å². The Bertz CT molecular complexity index is 655. The van der Waals surface area contributed by atoms with Crippen molar-refractivity contribution in [2.75, 3.05) is 18.0 Å². The van der Waals surface area contributed by atoms with Crippen molar-refractivity contribution in [1.82, 2.24) is 10.3 Å². The van der Waals surface area contributed by atoms with Gasteiger partial charge in [0.05, 0.1) is 11.7 Å². The molecule has 0 aliphatic carbocycles. The van der Waals surface area contributed by atoms with Gasteiger partial charge in [-0.1, -0.05) is 0 Å². The first kappa shape index (κ1) is 21.0. The van der Waals surface area contributed by atoms with Crippen LogP contribution in [0.1, 0.15) is 64.2 Å². The highest BCUT2D eigenvalue weighted by Crippen LogP contribution is 2.20. The van der Waals surface area contributed by atoms with E-state index in [2.05, 4.69) is 15.2 Å². The largest absolute Gasteiger partial charge is 0.459 e. The molecule has 1 unspecified atom stereocenters. The van der Waals surface area contributed by atoms with E-state index in [4.69, 9.17) is 9.47 Å². The fourth-order valence-electron chi connectivity index (χ4n) is 2.94. The van der Waals surface area contributed by atoms with E-state index in [1.165, 1.54) is 0 Å².